The Labute approximate surface area is 104 Å². The Kier molecular flexibility index (Phi) is 3.62. The summed E-state index contributed by atoms with van der Waals surface area (Å²) < 4.78 is 4.69. The molecule has 0 unspecified atom stereocenters. The van der Waals surface area contributed by atoms with Crippen LogP contribution in [0.4, 0.5) is 0 Å². The summed E-state index contributed by atoms with van der Waals surface area (Å²) in [4.78, 5) is 18.6. The zero-order valence-electron chi connectivity index (χ0n) is 9.96. The van der Waals surface area contributed by atoms with Crippen molar-refractivity contribution in [1.82, 2.24) is 9.97 Å². The summed E-state index contributed by atoms with van der Waals surface area (Å²) >= 11 is 0. The van der Waals surface area contributed by atoms with E-state index < -0.39 is 0 Å². The van der Waals surface area contributed by atoms with Crippen LogP contribution in [0.2, 0.25) is 0 Å². The van der Waals surface area contributed by atoms with E-state index in [0.29, 0.717) is 5.82 Å². The number of methoxy groups -OCH3 is 1. The predicted octanol–water partition coefficient (Wildman–Crippen LogP) is 1.81. The first-order chi connectivity index (χ1) is 8.70. The summed E-state index contributed by atoms with van der Waals surface area (Å²) in [6.07, 6.45) is 3.55. The van der Waals surface area contributed by atoms with Crippen molar-refractivity contribution in [3.05, 3.63) is 48.0 Å². The lowest BCUT2D eigenvalue weighted by Gasteiger charge is -2.13. The van der Waals surface area contributed by atoms with Crippen molar-refractivity contribution < 1.29 is 14.6 Å². The highest BCUT2D eigenvalue weighted by molar-refractivity contribution is 5.71. The number of nitrogens with one attached hydrogen (secondary N) is 1. The fourth-order valence-corrected chi connectivity index (χ4v) is 1.80. The quantitative estimate of drug-likeness (QED) is 0.807. The van der Waals surface area contributed by atoms with Crippen molar-refractivity contribution >= 4 is 5.97 Å². The minimum atomic E-state index is -0.301. The second kappa shape index (κ2) is 5.35. The molecule has 94 valence electrons. The fraction of sp³-hybridized carbons (Fsp3) is 0.231. The number of ether oxygens (including phenoxy) is 1. The van der Waals surface area contributed by atoms with E-state index in [2.05, 4.69) is 9.97 Å². The summed E-state index contributed by atoms with van der Waals surface area (Å²) in [6.45, 7) is 0. The van der Waals surface area contributed by atoms with Gasteiger partial charge in [-0.2, -0.15) is 0 Å². The zero-order valence-corrected chi connectivity index (χ0v) is 9.96. The van der Waals surface area contributed by atoms with Crippen LogP contribution in [0, 0.1) is 0 Å². The number of carbonyl (C=O) groups is 1. The highest BCUT2D eigenvalue weighted by atomic mass is 16.5. The van der Waals surface area contributed by atoms with Crippen LogP contribution in [0.3, 0.4) is 0 Å². The van der Waals surface area contributed by atoms with E-state index in [9.17, 15) is 9.90 Å². The summed E-state index contributed by atoms with van der Waals surface area (Å²) in [5.41, 5.74) is 0.896. The van der Waals surface area contributed by atoms with E-state index in [0.717, 1.165) is 5.56 Å². The molecule has 0 saturated heterocycles. The number of H-pyrrole nitrogens is 1. The lowest BCUT2D eigenvalue weighted by atomic mass is 9.95. The van der Waals surface area contributed by atoms with E-state index in [1.807, 2.05) is 0 Å². The van der Waals surface area contributed by atoms with Gasteiger partial charge in [0.15, 0.2) is 0 Å². The molecule has 0 aliphatic rings. The lowest BCUT2D eigenvalue weighted by Crippen LogP contribution is -2.11. The van der Waals surface area contributed by atoms with Crippen molar-refractivity contribution in [3.8, 4) is 5.75 Å². The van der Waals surface area contributed by atoms with E-state index in [1.54, 1.807) is 36.7 Å². The molecule has 5 heteroatoms. The van der Waals surface area contributed by atoms with Crippen LogP contribution in [-0.4, -0.2) is 28.2 Å². The maximum absolute atomic E-state index is 11.4. The van der Waals surface area contributed by atoms with Gasteiger partial charge in [0.25, 0.3) is 0 Å². The van der Waals surface area contributed by atoms with Crippen LogP contribution in [0.25, 0.3) is 0 Å². The zero-order chi connectivity index (χ0) is 13.0. The van der Waals surface area contributed by atoms with Gasteiger partial charge in [-0.1, -0.05) is 12.1 Å². The van der Waals surface area contributed by atoms with Crippen molar-refractivity contribution in [2.75, 3.05) is 7.11 Å². The maximum Gasteiger partial charge on any atom is 0.306 e. The third-order valence-corrected chi connectivity index (χ3v) is 2.74. The molecule has 0 bridgehead atoms. The first-order valence-electron chi connectivity index (χ1n) is 5.55. The molecule has 18 heavy (non-hydrogen) atoms. The van der Waals surface area contributed by atoms with E-state index in [4.69, 9.17) is 4.74 Å². The van der Waals surface area contributed by atoms with E-state index in [1.165, 1.54) is 7.11 Å². The fourth-order valence-electron chi connectivity index (χ4n) is 1.80. The largest absolute Gasteiger partial charge is 0.508 e. The number of nitrogens with zero attached hydrogens (tertiary/aromatic N) is 1. The molecule has 0 aliphatic heterocycles. The third-order valence-electron chi connectivity index (χ3n) is 2.74. The standard InChI is InChI=1S/C13H14N2O3/c1-18-12(17)8-11(13-14-6-7-15-13)9-2-4-10(16)5-3-9/h2-7,11,16H,8H2,1H3,(H,14,15)/t11-/m0/s1. The van der Waals surface area contributed by atoms with Crippen molar-refractivity contribution in [3.63, 3.8) is 0 Å². The molecule has 0 amide bonds. The monoisotopic (exact) mass is 246 g/mol. The van der Waals surface area contributed by atoms with Gasteiger partial charge < -0.3 is 14.8 Å². The molecule has 0 spiro atoms. The van der Waals surface area contributed by atoms with Crippen LogP contribution in [0.15, 0.2) is 36.7 Å². The average molecular weight is 246 g/mol. The number of benzene rings is 1. The number of imidazole rings is 1. The number of rotatable bonds is 4. The first kappa shape index (κ1) is 12.2. The minimum absolute atomic E-state index is 0.190. The van der Waals surface area contributed by atoms with Crippen LogP contribution in [0.1, 0.15) is 23.7 Å². The Morgan fingerprint density at radius 1 is 1.44 bits per heavy atom. The highest BCUT2D eigenvalue weighted by Crippen LogP contribution is 2.27. The van der Waals surface area contributed by atoms with Gasteiger partial charge in [0.05, 0.1) is 19.4 Å². The summed E-state index contributed by atoms with van der Waals surface area (Å²) in [6, 6.07) is 6.71. The second-order valence-corrected chi connectivity index (χ2v) is 3.90. The van der Waals surface area contributed by atoms with Gasteiger partial charge in [0.2, 0.25) is 0 Å². The molecule has 1 atom stereocenters. The number of hydrogen-bond donors (Lipinski definition) is 2. The Morgan fingerprint density at radius 2 is 2.17 bits per heavy atom. The number of aromatic nitrogens is 2. The summed E-state index contributed by atoms with van der Waals surface area (Å²) in [7, 11) is 1.36. The first-order valence-corrected chi connectivity index (χ1v) is 5.55. The number of carbonyl (C=O) groups excluding carboxylic acids is 1. The van der Waals surface area contributed by atoms with Gasteiger partial charge in [-0.3, -0.25) is 4.79 Å². The Balaban J connectivity index is 2.30. The highest BCUT2D eigenvalue weighted by Gasteiger charge is 2.20. The Bertz CT molecular complexity index is 506. The number of esters is 1. The number of phenols is 1. The Hall–Kier alpha value is -2.30. The van der Waals surface area contributed by atoms with Gasteiger partial charge in [0, 0.05) is 12.4 Å². The van der Waals surface area contributed by atoms with Crippen LogP contribution >= 0.6 is 0 Å². The SMILES string of the molecule is COC(=O)C[C@@H](c1ccc(O)cc1)c1ncc[nH]1. The third kappa shape index (κ3) is 2.68. The van der Waals surface area contributed by atoms with Crippen molar-refractivity contribution in [2.24, 2.45) is 0 Å². The van der Waals surface area contributed by atoms with Crippen LogP contribution < -0.4 is 0 Å². The van der Waals surface area contributed by atoms with Gasteiger partial charge in [0.1, 0.15) is 11.6 Å². The van der Waals surface area contributed by atoms with Gasteiger partial charge in [-0.15, -0.1) is 0 Å². The predicted molar refractivity (Wildman–Crippen MR) is 65.2 cm³/mol. The average Bonchev–Trinajstić information content (AvgIpc) is 2.90. The van der Waals surface area contributed by atoms with Crippen LogP contribution in [0.5, 0.6) is 5.75 Å². The van der Waals surface area contributed by atoms with E-state index in [-0.39, 0.29) is 24.1 Å². The molecule has 1 aromatic carbocycles. The topological polar surface area (TPSA) is 75.2 Å². The molecular formula is C13H14N2O3. The molecule has 0 saturated carbocycles. The summed E-state index contributed by atoms with van der Waals surface area (Å²) in [5, 5.41) is 9.28. The molecule has 1 aromatic heterocycles. The minimum Gasteiger partial charge on any atom is -0.508 e. The molecule has 0 radical (unpaired) electrons. The number of phenolic OH excluding ortho intramolecular Hbond substituents is 1. The molecule has 0 fully saturated rings. The molecular weight excluding hydrogens is 232 g/mol. The van der Waals surface area contributed by atoms with Gasteiger partial charge in [-0.05, 0) is 17.7 Å². The molecule has 1 heterocycles. The number of hydrogen-bond acceptors (Lipinski definition) is 4. The van der Waals surface area contributed by atoms with E-state index >= 15 is 0 Å². The van der Waals surface area contributed by atoms with Crippen molar-refractivity contribution in [2.45, 2.75) is 12.3 Å². The summed E-state index contributed by atoms with van der Waals surface area (Å²) in [5.74, 6) is 0.388. The molecule has 2 N–H and O–H groups in total. The smallest absolute Gasteiger partial charge is 0.306 e. The lowest BCUT2D eigenvalue weighted by molar-refractivity contribution is -0.140. The van der Waals surface area contributed by atoms with Gasteiger partial charge >= 0.3 is 5.97 Å². The Morgan fingerprint density at radius 3 is 2.72 bits per heavy atom. The molecule has 2 aromatic rings. The van der Waals surface area contributed by atoms with Crippen LogP contribution in [-0.2, 0) is 9.53 Å². The number of aromatic hydroxyl groups is 1. The second-order valence-electron chi connectivity index (χ2n) is 3.90. The van der Waals surface area contributed by atoms with Crippen molar-refractivity contribution in [1.29, 1.82) is 0 Å². The maximum atomic E-state index is 11.4. The van der Waals surface area contributed by atoms with Gasteiger partial charge in [-0.25, -0.2) is 4.98 Å². The molecule has 5 nitrogen and oxygen atoms in total. The molecule has 2 rings (SSSR count). The number of aromatic amines is 1. The molecule has 0 aliphatic carbocycles. The normalized spacial score (nSPS) is 12.1.